The minimum Gasteiger partial charge on any atom is -0.480 e. The van der Waals surface area contributed by atoms with E-state index in [2.05, 4.69) is 5.32 Å². The Labute approximate surface area is 67.8 Å². The van der Waals surface area contributed by atoms with Crippen molar-refractivity contribution in [3.63, 3.8) is 0 Å². The topological polar surface area (TPSA) is 49.3 Å². The maximum absolute atomic E-state index is 10.5. The Morgan fingerprint density at radius 3 is 2.27 bits per heavy atom. The highest BCUT2D eigenvalue weighted by Gasteiger charge is 2.15. The van der Waals surface area contributed by atoms with Crippen molar-refractivity contribution in [1.29, 1.82) is 0 Å². The first kappa shape index (κ1) is 10.4. The highest BCUT2D eigenvalue weighted by molar-refractivity contribution is 5.73. The Morgan fingerprint density at radius 2 is 2.00 bits per heavy atom. The van der Waals surface area contributed by atoms with E-state index < -0.39 is 5.97 Å². The molecule has 2 unspecified atom stereocenters. The van der Waals surface area contributed by atoms with Gasteiger partial charge in [0.25, 0.3) is 0 Å². The molecule has 0 amide bonds. The number of hydrogen-bond acceptors (Lipinski definition) is 2. The van der Waals surface area contributed by atoms with E-state index in [1.807, 2.05) is 20.8 Å². The van der Waals surface area contributed by atoms with E-state index in [9.17, 15) is 4.79 Å². The van der Waals surface area contributed by atoms with Crippen LogP contribution in [0.3, 0.4) is 0 Å². The molecule has 2 atom stereocenters. The van der Waals surface area contributed by atoms with Crippen molar-refractivity contribution in [3.8, 4) is 0 Å². The average Bonchev–Trinajstić information content (AvgIpc) is 1.99. The quantitative estimate of drug-likeness (QED) is 0.634. The molecule has 0 aliphatic carbocycles. The largest absolute Gasteiger partial charge is 0.480 e. The summed E-state index contributed by atoms with van der Waals surface area (Å²) in [5.74, 6) is -0.757. The van der Waals surface area contributed by atoms with E-state index >= 15 is 0 Å². The summed E-state index contributed by atoms with van der Waals surface area (Å²) in [5.41, 5.74) is 0. The molecule has 2 N–H and O–H groups in total. The first-order valence-electron chi connectivity index (χ1n) is 4.10. The van der Waals surface area contributed by atoms with Crippen LogP contribution in [-0.2, 0) is 4.79 Å². The molecule has 0 rings (SSSR count). The van der Waals surface area contributed by atoms with Gasteiger partial charge in [0, 0.05) is 6.04 Å². The normalized spacial score (nSPS) is 15.9. The maximum Gasteiger partial charge on any atom is 0.320 e. The molecule has 0 aromatic rings. The van der Waals surface area contributed by atoms with E-state index in [0.717, 1.165) is 6.42 Å². The van der Waals surface area contributed by atoms with Crippen molar-refractivity contribution >= 4 is 5.97 Å². The molecule has 11 heavy (non-hydrogen) atoms. The summed E-state index contributed by atoms with van der Waals surface area (Å²) in [6.45, 7) is 5.89. The Morgan fingerprint density at radius 1 is 1.45 bits per heavy atom. The van der Waals surface area contributed by atoms with Gasteiger partial charge in [-0.2, -0.15) is 0 Å². The van der Waals surface area contributed by atoms with Crippen LogP contribution in [0.15, 0.2) is 0 Å². The van der Waals surface area contributed by atoms with Gasteiger partial charge < -0.3 is 10.4 Å². The fourth-order valence-corrected chi connectivity index (χ4v) is 0.825. The molecule has 0 bridgehead atoms. The van der Waals surface area contributed by atoms with E-state index in [0.29, 0.717) is 6.42 Å². The lowest BCUT2D eigenvalue weighted by molar-refractivity contribution is -0.139. The van der Waals surface area contributed by atoms with Crippen LogP contribution in [0.4, 0.5) is 0 Å². The molecule has 0 spiro atoms. The van der Waals surface area contributed by atoms with Crippen LogP contribution >= 0.6 is 0 Å². The number of carboxylic acids is 1. The Kier molecular flexibility index (Phi) is 4.86. The first-order valence-corrected chi connectivity index (χ1v) is 4.10. The first-order chi connectivity index (χ1) is 5.11. The Hall–Kier alpha value is -0.570. The molecule has 0 saturated carbocycles. The predicted octanol–water partition coefficient (Wildman–Crippen LogP) is 1.24. The highest BCUT2D eigenvalue weighted by atomic mass is 16.4. The van der Waals surface area contributed by atoms with Crippen molar-refractivity contribution in [2.24, 2.45) is 0 Å². The third-order valence-corrected chi connectivity index (χ3v) is 1.80. The maximum atomic E-state index is 10.5. The number of aliphatic carboxylic acids is 1. The standard InChI is InChI=1S/C8H17NO2/c1-4-6(3)9-7(5-2)8(10)11/h6-7,9H,4-5H2,1-3H3,(H,10,11). The van der Waals surface area contributed by atoms with Crippen LogP contribution in [0, 0.1) is 0 Å². The molecule has 0 saturated heterocycles. The lowest BCUT2D eigenvalue weighted by atomic mass is 10.2. The average molecular weight is 159 g/mol. The summed E-state index contributed by atoms with van der Waals surface area (Å²) in [6, 6.07) is -0.0963. The monoisotopic (exact) mass is 159 g/mol. The summed E-state index contributed by atoms with van der Waals surface area (Å²) in [6.07, 6.45) is 1.60. The fourth-order valence-electron chi connectivity index (χ4n) is 0.825. The number of carbonyl (C=O) groups is 1. The molecule has 66 valence electrons. The smallest absolute Gasteiger partial charge is 0.320 e. The minimum atomic E-state index is -0.757. The van der Waals surface area contributed by atoms with Gasteiger partial charge in [0.15, 0.2) is 0 Å². The molecule has 0 aliphatic rings. The van der Waals surface area contributed by atoms with Crippen LogP contribution in [0.2, 0.25) is 0 Å². The van der Waals surface area contributed by atoms with Crippen LogP contribution in [-0.4, -0.2) is 23.2 Å². The molecule has 0 aromatic heterocycles. The molecular weight excluding hydrogens is 142 g/mol. The molecule has 0 radical (unpaired) electrons. The van der Waals surface area contributed by atoms with Gasteiger partial charge in [-0.1, -0.05) is 13.8 Å². The number of hydrogen-bond donors (Lipinski definition) is 2. The van der Waals surface area contributed by atoms with Gasteiger partial charge in [-0.05, 0) is 19.8 Å². The van der Waals surface area contributed by atoms with Gasteiger partial charge >= 0.3 is 5.97 Å². The number of rotatable bonds is 5. The molecule has 0 aromatic carbocycles. The zero-order valence-electron chi connectivity index (χ0n) is 7.42. The second-order valence-electron chi connectivity index (χ2n) is 2.78. The second kappa shape index (κ2) is 5.13. The summed E-state index contributed by atoms with van der Waals surface area (Å²) in [5, 5.41) is 11.7. The minimum absolute atomic E-state index is 0.288. The zero-order chi connectivity index (χ0) is 8.85. The number of nitrogens with one attached hydrogen (secondary N) is 1. The summed E-state index contributed by atoms with van der Waals surface area (Å²) < 4.78 is 0. The molecule has 3 nitrogen and oxygen atoms in total. The van der Waals surface area contributed by atoms with E-state index in [4.69, 9.17) is 5.11 Å². The third kappa shape index (κ3) is 3.98. The lowest BCUT2D eigenvalue weighted by Crippen LogP contribution is -2.41. The highest BCUT2D eigenvalue weighted by Crippen LogP contribution is 1.96. The van der Waals surface area contributed by atoms with Gasteiger partial charge in [-0.3, -0.25) is 4.79 Å². The Balaban J connectivity index is 3.77. The summed E-state index contributed by atoms with van der Waals surface area (Å²) in [7, 11) is 0. The van der Waals surface area contributed by atoms with E-state index in [1.54, 1.807) is 0 Å². The summed E-state index contributed by atoms with van der Waals surface area (Å²) >= 11 is 0. The van der Waals surface area contributed by atoms with E-state index in [-0.39, 0.29) is 12.1 Å². The third-order valence-electron chi connectivity index (χ3n) is 1.80. The zero-order valence-corrected chi connectivity index (χ0v) is 7.42. The van der Waals surface area contributed by atoms with Crippen molar-refractivity contribution in [3.05, 3.63) is 0 Å². The Bertz CT molecular complexity index is 125. The van der Waals surface area contributed by atoms with Crippen molar-refractivity contribution < 1.29 is 9.90 Å². The van der Waals surface area contributed by atoms with Crippen molar-refractivity contribution in [2.75, 3.05) is 0 Å². The SMILES string of the molecule is CCC(C)NC(CC)C(=O)O. The van der Waals surface area contributed by atoms with Crippen LogP contribution in [0.25, 0.3) is 0 Å². The van der Waals surface area contributed by atoms with Gasteiger partial charge in [-0.25, -0.2) is 0 Å². The van der Waals surface area contributed by atoms with Crippen molar-refractivity contribution in [1.82, 2.24) is 5.32 Å². The predicted molar refractivity (Wildman–Crippen MR) is 44.6 cm³/mol. The van der Waals surface area contributed by atoms with Crippen LogP contribution < -0.4 is 5.32 Å². The second-order valence-corrected chi connectivity index (χ2v) is 2.78. The molecule has 3 heteroatoms. The van der Waals surface area contributed by atoms with Crippen LogP contribution in [0.1, 0.15) is 33.6 Å². The summed E-state index contributed by atoms with van der Waals surface area (Å²) in [4.78, 5) is 10.5. The van der Waals surface area contributed by atoms with Gasteiger partial charge in [0.2, 0.25) is 0 Å². The lowest BCUT2D eigenvalue weighted by Gasteiger charge is -2.16. The number of carboxylic acid groups (broad SMARTS) is 1. The molecule has 0 heterocycles. The van der Waals surface area contributed by atoms with Gasteiger partial charge in [0.1, 0.15) is 6.04 Å². The van der Waals surface area contributed by atoms with Gasteiger partial charge in [-0.15, -0.1) is 0 Å². The molecular formula is C8H17NO2. The molecule has 0 aliphatic heterocycles. The van der Waals surface area contributed by atoms with Crippen molar-refractivity contribution in [2.45, 2.75) is 45.7 Å². The van der Waals surface area contributed by atoms with E-state index in [1.165, 1.54) is 0 Å². The fraction of sp³-hybridized carbons (Fsp3) is 0.875. The van der Waals surface area contributed by atoms with Gasteiger partial charge in [0.05, 0.1) is 0 Å². The molecule has 0 fully saturated rings. The van der Waals surface area contributed by atoms with Crippen LogP contribution in [0.5, 0.6) is 0 Å².